The van der Waals surface area contributed by atoms with Crippen LogP contribution < -0.4 is 5.32 Å². The maximum absolute atomic E-state index is 12.5. The third kappa shape index (κ3) is 3.93. The SMILES string of the molecule is CC1SCCN(C(=O)NCc2nccn2Cc2ccccc2)C1C. The Balaban J connectivity index is 1.59. The molecule has 1 saturated heterocycles. The third-order valence-electron chi connectivity index (χ3n) is 4.54. The summed E-state index contributed by atoms with van der Waals surface area (Å²) >= 11 is 1.93. The molecule has 2 amide bonds. The van der Waals surface area contributed by atoms with Crippen molar-refractivity contribution in [3.05, 3.63) is 54.1 Å². The fraction of sp³-hybridized carbons (Fsp3) is 0.444. The van der Waals surface area contributed by atoms with E-state index in [4.69, 9.17) is 0 Å². The average Bonchev–Trinajstić information content (AvgIpc) is 3.03. The van der Waals surface area contributed by atoms with Gasteiger partial charge in [-0.15, -0.1) is 0 Å². The Morgan fingerprint density at radius 3 is 2.92 bits per heavy atom. The van der Waals surface area contributed by atoms with E-state index < -0.39 is 0 Å². The van der Waals surface area contributed by atoms with E-state index in [1.807, 2.05) is 41.1 Å². The van der Waals surface area contributed by atoms with Crippen LogP contribution in [0.3, 0.4) is 0 Å². The van der Waals surface area contributed by atoms with Crippen molar-refractivity contribution in [3.63, 3.8) is 0 Å². The Bertz CT molecular complexity index is 673. The van der Waals surface area contributed by atoms with Crippen molar-refractivity contribution in [3.8, 4) is 0 Å². The van der Waals surface area contributed by atoms with Crippen LogP contribution in [0.5, 0.6) is 0 Å². The summed E-state index contributed by atoms with van der Waals surface area (Å²) in [5, 5.41) is 3.50. The Morgan fingerprint density at radius 1 is 1.33 bits per heavy atom. The number of carbonyl (C=O) groups is 1. The standard InChI is InChI=1S/C18H24N4OS/c1-14-15(2)24-11-10-22(14)18(23)20-12-17-19-8-9-21(17)13-16-6-4-3-5-7-16/h3-9,14-15H,10-13H2,1-2H3,(H,20,23). The quantitative estimate of drug-likeness (QED) is 0.928. The second-order valence-electron chi connectivity index (χ2n) is 6.13. The van der Waals surface area contributed by atoms with Gasteiger partial charge in [0, 0.05) is 42.5 Å². The van der Waals surface area contributed by atoms with Gasteiger partial charge in [0.1, 0.15) is 5.82 Å². The molecule has 24 heavy (non-hydrogen) atoms. The first-order chi connectivity index (χ1) is 11.6. The number of imidazole rings is 1. The van der Waals surface area contributed by atoms with Crippen LogP contribution in [0.2, 0.25) is 0 Å². The van der Waals surface area contributed by atoms with E-state index in [0.29, 0.717) is 11.8 Å². The van der Waals surface area contributed by atoms with Crippen LogP contribution in [0.15, 0.2) is 42.7 Å². The highest BCUT2D eigenvalue weighted by molar-refractivity contribution is 8.00. The first kappa shape index (κ1) is 16.9. The summed E-state index contributed by atoms with van der Waals surface area (Å²) in [5.41, 5.74) is 1.22. The van der Waals surface area contributed by atoms with Crippen LogP contribution in [0.1, 0.15) is 25.2 Å². The highest BCUT2D eigenvalue weighted by Crippen LogP contribution is 2.24. The molecular formula is C18H24N4OS. The molecule has 1 aromatic heterocycles. The molecule has 1 N–H and O–H groups in total. The molecule has 2 atom stereocenters. The van der Waals surface area contributed by atoms with Crippen LogP contribution in [0.25, 0.3) is 0 Å². The first-order valence-corrected chi connectivity index (χ1v) is 9.40. The highest BCUT2D eigenvalue weighted by Gasteiger charge is 2.28. The van der Waals surface area contributed by atoms with Crippen molar-refractivity contribution in [2.75, 3.05) is 12.3 Å². The molecule has 3 rings (SSSR count). The van der Waals surface area contributed by atoms with Crippen molar-refractivity contribution in [1.82, 2.24) is 19.8 Å². The van der Waals surface area contributed by atoms with Gasteiger partial charge in [-0.25, -0.2) is 9.78 Å². The molecule has 0 aliphatic carbocycles. The number of amides is 2. The van der Waals surface area contributed by atoms with E-state index in [9.17, 15) is 4.79 Å². The van der Waals surface area contributed by atoms with Crippen molar-refractivity contribution in [1.29, 1.82) is 0 Å². The second kappa shape index (κ2) is 7.75. The predicted molar refractivity (Wildman–Crippen MR) is 98.1 cm³/mol. The molecule has 2 aromatic rings. The molecule has 0 bridgehead atoms. The Labute approximate surface area is 147 Å². The smallest absolute Gasteiger partial charge is 0.318 e. The van der Waals surface area contributed by atoms with Crippen molar-refractivity contribution in [2.45, 2.75) is 38.2 Å². The molecule has 6 heteroatoms. The summed E-state index contributed by atoms with van der Waals surface area (Å²) in [6.45, 7) is 6.32. The number of hydrogen-bond donors (Lipinski definition) is 1. The molecular weight excluding hydrogens is 320 g/mol. The molecule has 2 heterocycles. The van der Waals surface area contributed by atoms with Gasteiger partial charge in [-0.2, -0.15) is 11.8 Å². The van der Waals surface area contributed by atoms with Crippen molar-refractivity contribution < 1.29 is 4.79 Å². The zero-order valence-electron chi connectivity index (χ0n) is 14.2. The maximum atomic E-state index is 12.5. The normalized spacial score (nSPS) is 20.8. The molecule has 0 spiro atoms. The van der Waals surface area contributed by atoms with Gasteiger partial charge in [-0.1, -0.05) is 37.3 Å². The number of nitrogens with one attached hydrogen (secondary N) is 1. The fourth-order valence-electron chi connectivity index (χ4n) is 2.91. The molecule has 128 valence electrons. The van der Waals surface area contributed by atoms with Gasteiger partial charge in [0.15, 0.2) is 0 Å². The van der Waals surface area contributed by atoms with E-state index in [1.54, 1.807) is 6.20 Å². The van der Waals surface area contributed by atoms with Gasteiger partial charge >= 0.3 is 6.03 Å². The van der Waals surface area contributed by atoms with Crippen LogP contribution >= 0.6 is 11.8 Å². The molecule has 1 aliphatic rings. The highest BCUT2D eigenvalue weighted by atomic mass is 32.2. The Morgan fingerprint density at radius 2 is 2.12 bits per heavy atom. The molecule has 1 fully saturated rings. The van der Waals surface area contributed by atoms with E-state index in [2.05, 4.69) is 40.8 Å². The first-order valence-electron chi connectivity index (χ1n) is 8.35. The van der Waals surface area contributed by atoms with E-state index in [0.717, 1.165) is 24.7 Å². The average molecular weight is 344 g/mol. The zero-order chi connectivity index (χ0) is 16.9. The van der Waals surface area contributed by atoms with Crippen LogP contribution in [-0.2, 0) is 13.1 Å². The number of urea groups is 1. The monoisotopic (exact) mass is 344 g/mol. The lowest BCUT2D eigenvalue weighted by Crippen LogP contribution is -2.51. The number of aromatic nitrogens is 2. The Kier molecular flexibility index (Phi) is 5.45. The summed E-state index contributed by atoms with van der Waals surface area (Å²) in [6, 6.07) is 10.5. The van der Waals surface area contributed by atoms with Gasteiger partial charge in [-0.05, 0) is 12.5 Å². The lowest BCUT2D eigenvalue weighted by atomic mass is 10.2. The molecule has 1 aromatic carbocycles. The number of rotatable bonds is 4. The van der Waals surface area contributed by atoms with Crippen molar-refractivity contribution in [2.24, 2.45) is 0 Å². The van der Waals surface area contributed by atoms with Gasteiger partial charge in [0.2, 0.25) is 0 Å². The molecule has 0 saturated carbocycles. The summed E-state index contributed by atoms with van der Waals surface area (Å²) in [7, 11) is 0. The molecule has 0 radical (unpaired) electrons. The number of thioether (sulfide) groups is 1. The summed E-state index contributed by atoms with van der Waals surface area (Å²) < 4.78 is 2.08. The van der Waals surface area contributed by atoms with E-state index in [1.165, 1.54) is 5.56 Å². The van der Waals surface area contributed by atoms with Crippen LogP contribution in [0, 0.1) is 0 Å². The minimum absolute atomic E-state index is 0.00362. The molecule has 5 nitrogen and oxygen atoms in total. The third-order valence-corrected chi connectivity index (χ3v) is 5.88. The topological polar surface area (TPSA) is 50.2 Å². The minimum Gasteiger partial charge on any atom is -0.331 e. The second-order valence-corrected chi connectivity index (χ2v) is 7.61. The van der Waals surface area contributed by atoms with Gasteiger partial charge < -0.3 is 14.8 Å². The lowest BCUT2D eigenvalue weighted by molar-refractivity contribution is 0.179. The number of hydrogen-bond acceptors (Lipinski definition) is 3. The predicted octanol–water partition coefficient (Wildman–Crippen LogP) is 2.97. The van der Waals surface area contributed by atoms with Crippen LogP contribution in [-0.4, -0.2) is 44.1 Å². The summed E-state index contributed by atoms with van der Waals surface area (Å²) in [5.74, 6) is 1.88. The Hall–Kier alpha value is -1.95. The zero-order valence-corrected chi connectivity index (χ0v) is 15.0. The molecule has 2 unspecified atom stereocenters. The van der Waals surface area contributed by atoms with Gasteiger partial charge in [0.05, 0.1) is 6.54 Å². The van der Waals surface area contributed by atoms with Crippen LogP contribution in [0.4, 0.5) is 4.79 Å². The summed E-state index contributed by atoms with van der Waals surface area (Å²) in [4.78, 5) is 18.8. The van der Waals surface area contributed by atoms with Gasteiger partial charge in [0.25, 0.3) is 0 Å². The van der Waals surface area contributed by atoms with E-state index in [-0.39, 0.29) is 12.1 Å². The fourth-order valence-corrected chi connectivity index (χ4v) is 4.01. The maximum Gasteiger partial charge on any atom is 0.318 e. The lowest BCUT2D eigenvalue weighted by Gasteiger charge is -2.37. The van der Waals surface area contributed by atoms with E-state index >= 15 is 0 Å². The summed E-state index contributed by atoms with van der Waals surface area (Å²) in [6.07, 6.45) is 3.74. The van der Waals surface area contributed by atoms with Crippen molar-refractivity contribution >= 4 is 17.8 Å². The minimum atomic E-state index is 0.00362. The number of carbonyl (C=O) groups excluding carboxylic acids is 1. The molecule has 1 aliphatic heterocycles. The van der Waals surface area contributed by atoms with Gasteiger partial charge in [-0.3, -0.25) is 0 Å². The number of nitrogens with zero attached hydrogens (tertiary/aromatic N) is 3. The number of benzene rings is 1. The largest absolute Gasteiger partial charge is 0.331 e.